The second-order valence-electron chi connectivity index (χ2n) is 4.72. The average molecular weight is 345 g/mol. The van der Waals surface area contributed by atoms with Gasteiger partial charge in [-0.3, -0.25) is 4.79 Å². The number of amides is 1. The smallest absolute Gasteiger partial charge is 0.251 e. The van der Waals surface area contributed by atoms with Crippen LogP contribution in [0.3, 0.4) is 0 Å². The summed E-state index contributed by atoms with van der Waals surface area (Å²) in [7, 11) is 1.63. The standard InChI is InChI=1S/C13H16INO2/c1-13(6-3-7-13)15-12(16)9-4-5-11(17-2)10(14)8-9/h4-5,8H,3,6-7H2,1-2H3,(H,15,16). The summed E-state index contributed by atoms with van der Waals surface area (Å²) in [5.41, 5.74) is 0.700. The number of carbonyl (C=O) groups is 1. The Labute approximate surface area is 115 Å². The third-order valence-corrected chi connectivity index (χ3v) is 4.13. The zero-order chi connectivity index (χ0) is 12.5. The molecular weight excluding hydrogens is 329 g/mol. The molecule has 0 atom stereocenters. The maximum atomic E-state index is 12.0. The maximum absolute atomic E-state index is 12.0. The summed E-state index contributed by atoms with van der Waals surface area (Å²) in [5, 5.41) is 3.09. The molecule has 1 aliphatic carbocycles. The molecule has 17 heavy (non-hydrogen) atoms. The molecule has 3 nitrogen and oxygen atoms in total. The molecule has 0 saturated heterocycles. The summed E-state index contributed by atoms with van der Waals surface area (Å²) in [6.45, 7) is 2.10. The summed E-state index contributed by atoms with van der Waals surface area (Å²) >= 11 is 2.17. The molecule has 0 unspecified atom stereocenters. The SMILES string of the molecule is COc1ccc(C(=O)NC2(C)CCC2)cc1I. The highest BCUT2D eigenvalue weighted by Crippen LogP contribution is 2.31. The van der Waals surface area contributed by atoms with Crippen LogP contribution in [0.1, 0.15) is 36.5 Å². The molecule has 2 rings (SSSR count). The van der Waals surface area contributed by atoms with Crippen molar-refractivity contribution in [3.63, 3.8) is 0 Å². The zero-order valence-corrected chi connectivity index (χ0v) is 12.2. The van der Waals surface area contributed by atoms with E-state index in [0.29, 0.717) is 5.56 Å². The van der Waals surface area contributed by atoms with Crippen LogP contribution in [0.4, 0.5) is 0 Å². The minimum absolute atomic E-state index is 0.00243. The quantitative estimate of drug-likeness (QED) is 0.856. The van der Waals surface area contributed by atoms with Gasteiger partial charge in [0.15, 0.2) is 0 Å². The maximum Gasteiger partial charge on any atom is 0.251 e. The fourth-order valence-corrected chi connectivity index (χ4v) is 2.72. The summed E-state index contributed by atoms with van der Waals surface area (Å²) in [4.78, 5) is 12.0. The normalized spacial score (nSPS) is 17.1. The van der Waals surface area contributed by atoms with E-state index >= 15 is 0 Å². The predicted octanol–water partition coefficient (Wildman–Crippen LogP) is 2.97. The molecule has 0 radical (unpaired) electrons. The van der Waals surface area contributed by atoms with Crippen molar-refractivity contribution in [3.8, 4) is 5.75 Å². The Morgan fingerprint density at radius 2 is 2.18 bits per heavy atom. The van der Waals surface area contributed by atoms with Crippen molar-refractivity contribution in [1.29, 1.82) is 0 Å². The molecule has 1 N–H and O–H groups in total. The van der Waals surface area contributed by atoms with Crippen molar-refractivity contribution >= 4 is 28.5 Å². The van der Waals surface area contributed by atoms with Gasteiger partial charge in [0.1, 0.15) is 5.75 Å². The summed E-state index contributed by atoms with van der Waals surface area (Å²) in [6.07, 6.45) is 3.36. The second-order valence-corrected chi connectivity index (χ2v) is 5.88. The Kier molecular flexibility index (Phi) is 3.61. The van der Waals surface area contributed by atoms with Crippen molar-refractivity contribution < 1.29 is 9.53 Å². The predicted molar refractivity (Wildman–Crippen MR) is 75.4 cm³/mol. The van der Waals surface area contributed by atoms with Crippen molar-refractivity contribution in [2.45, 2.75) is 31.7 Å². The first-order valence-electron chi connectivity index (χ1n) is 5.70. The van der Waals surface area contributed by atoms with Gasteiger partial charge in [-0.05, 0) is 67.0 Å². The van der Waals surface area contributed by atoms with Gasteiger partial charge in [0.25, 0.3) is 5.91 Å². The van der Waals surface area contributed by atoms with E-state index in [1.54, 1.807) is 13.2 Å². The van der Waals surface area contributed by atoms with Gasteiger partial charge in [-0.2, -0.15) is 0 Å². The van der Waals surface area contributed by atoms with E-state index in [1.807, 2.05) is 12.1 Å². The molecule has 92 valence electrons. The molecule has 1 amide bonds. The first-order chi connectivity index (χ1) is 8.04. The van der Waals surface area contributed by atoms with Crippen LogP contribution in [-0.4, -0.2) is 18.6 Å². The first kappa shape index (κ1) is 12.7. The van der Waals surface area contributed by atoms with Crippen LogP contribution in [0.5, 0.6) is 5.75 Å². The van der Waals surface area contributed by atoms with Crippen molar-refractivity contribution in [2.75, 3.05) is 7.11 Å². The molecule has 4 heteroatoms. The van der Waals surface area contributed by atoms with Gasteiger partial charge >= 0.3 is 0 Å². The number of carbonyl (C=O) groups excluding carboxylic acids is 1. The molecule has 1 saturated carbocycles. The minimum Gasteiger partial charge on any atom is -0.496 e. The van der Waals surface area contributed by atoms with Gasteiger partial charge in [0, 0.05) is 11.1 Å². The molecule has 0 aromatic heterocycles. The number of hydrogen-bond donors (Lipinski definition) is 1. The molecule has 0 heterocycles. The Balaban J connectivity index is 2.11. The van der Waals surface area contributed by atoms with Gasteiger partial charge in [-0.15, -0.1) is 0 Å². The lowest BCUT2D eigenvalue weighted by molar-refractivity contribution is 0.0850. The largest absolute Gasteiger partial charge is 0.496 e. The molecule has 0 spiro atoms. The Bertz CT molecular complexity index is 441. The van der Waals surface area contributed by atoms with Crippen molar-refractivity contribution in [1.82, 2.24) is 5.32 Å². The molecule has 0 bridgehead atoms. The molecule has 1 aromatic rings. The van der Waals surface area contributed by atoms with E-state index in [2.05, 4.69) is 34.8 Å². The summed E-state index contributed by atoms with van der Waals surface area (Å²) in [5.74, 6) is 0.810. The summed E-state index contributed by atoms with van der Waals surface area (Å²) in [6, 6.07) is 5.49. The van der Waals surface area contributed by atoms with E-state index in [-0.39, 0.29) is 11.4 Å². The van der Waals surface area contributed by atoms with Crippen LogP contribution in [-0.2, 0) is 0 Å². The van der Waals surface area contributed by atoms with Gasteiger partial charge in [-0.25, -0.2) is 0 Å². The van der Waals surface area contributed by atoms with Gasteiger partial charge in [0.2, 0.25) is 0 Å². The monoisotopic (exact) mass is 345 g/mol. The average Bonchev–Trinajstić information content (AvgIpc) is 2.26. The number of rotatable bonds is 3. The van der Waals surface area contributed by atoms with Crippen LogP contribution in [0.2, 0.25) is 0 Å². The third kappa shape index (κ3) is 2.73. The van der Waals surface area contributed by atoms with Crippen molar-refractivity contribution in [3.05, 3.63) is 27.3 Å². The number of hydrogen-bond acceptors (Lipinski definition) is 2. The Morgan fingerprint density at radius 3 is 2.65 bits per heavy atom. The Hall–Kier alpha value is -0.780. The van der Waals surface area contributed by atoms with E-state index in [1.165, 1.54) is 6.42 Å². The van der Waals surface area contributed by atoms with Crippen LogP contribution >= 0.6 is 22.6 Å². The van der Waals surface area contributed by atoms with Crippen LogP contribution in [0, 0.1) is 3.57 Å². The van der Waals surface area contributed by atoms with E-state index < -0.39 is 0 Å². The number of halogens is 1. The number of methoxy groups -OCH3 is 1. The summed E-state index contributed by atoms with van der Waals surface area (Å²) < 4.78 is 6.13. The highest BCUT2D eigenvalue weighted by molar-refractivity contribution is 14.1. The molecule has 1 fully saturated rings. The van der Waals surface area contributed by atoms with Crippen LogP contribution < -0.4 is 10.1 Å². The minimum atomic E-state index is 0.00243. The highest BCUT2D eigenvalue weighted by atomic mass is 127. The molecule has 1 aliphatic rings. The zero-order valence-electron chi connectivity index (χ0n) is 10.0. The van der Waals surface area contributed by atoms with Crippen molar-refractivity contribution in [2.24, 2.45) is 0 Å². The fourth-order valence-electron chi connectivity index (χ4n) is 1.99. The number of ether oxygens (including phenoxy) is 1. The van der Waals surface area contributed by atoms with Crippen LogP contribution in [0.25, 0.3) is 0 Å². The third-order valence-electron chi connectivity index (χ3n) is 3.29. The Morgan fingerprint density at radius 1 is 1.47 bits per heavy atom. The highest BCUT2D eigenvalue weighted by Gasteiger charge is 2.33. The first-order valence-corrected chi connectivity index (χ1v) is 6.78. The van der Waals surface area contributed by atoms with E-state index in [9.17, 15) is 4.79 Å². The van der Waals surface area contributed by atoms with Gasteiger partial charge in [0.05, 0.1) is 10.7 Å². The lowest BCUT2D eigenvalue weighted by atomic mass is 9.78. The van der Waals surface area contributed by atoms with E-state index in [0.717, 1.165) is 22.2 Å². The fraction of sp³-hybridized carbons (Fsp3) is 0.462. The lowest BCUT2D eigenvalue weighted by Gasteiger charge is -2.39. The second kappa shape index (κ2) is 4.84. The molecular formula is C13H16INO2. The van der Waals surface area contributed by atoms with E-state index in [4.69, 9.17) is 4.74 Å². The van der Waals surface area contributed by atoms with Gasteiger partial charge < -0.3 is 10.1 Å². The van der Waals surface area contributed by atoms with Crippen LogP contribution in [0.15, 0.2) is 18.2 Å². The van der Waals surface area contributed by atoms with Gasteiger partial charge in [-0.1, -0.05) is 0 Å². The number of benzene rings is 1. The molecule has 1 aromatic carbocycles. The number of nitrogens with one attached hydrogen (secondary N) is 1. The molecule has 0 aliphatic heterocycles. The lowest BCUT2D eigenvalue weighted by Crippen LogP contribution is -2.50. The topological polar surface area (TPSA) is 38.3 Å².